The number of amides is 1. The zero-order valence-electron chi connectivity index (χ0n) is 12.7. The van der Waals surface area contributed by atoms with Crippen LogP contribution in [0, 0.1) is 0 Å². The zero-order chi connectivity index (χ0) is 15.9. The molecule has 5 nitrogen and oxygen atoms in total. The van der Waals surface area contributed by atoms with E-state index in [0.717, 1.165) is 16.6 Å². The lowest BCUT2D eigenvalue weighted by Crippen LogP contribution is -2.31. The van der Waals surface area contributed by atoms with Crippen molar-refractivity contribution < 1.29 is 9.53 Å². The molecule has 2 aromatic rings. The summed E-state index contributed by atoms with van der Waals surface area (Å²) < 4.78 is 7.11. The van der Waals surface area contributed by atoms with E-state index in [2.05, 4.69) is 16.9 Å². The minimum Gasteiger partial charge on any atom is -0.497 e. The predicted octanol–water partition coefficient (Wildman–Crippen LogP) is 2.66. The molecule has 1 aromatic heterocycles. The molecule has 0 unspecified atom stereocenters. The van der Waals surface area contributed by atoms with Gasteiger partial charge in [0.15, 0.2) is 5.16 Å². The number of ether oxygens (including phenoxy) is 1. The predicted molar refractivity (Wildman–Crippen MR) is 88.6 cm³/mol. The molecule has 1 amide bonds. The van der Waals surface area contributed by atoms with Gasteiger partial charge in [0.05, 0.1) is 12.4 Å². The molecule has 0 saturated carbocycles. The average Bonchev–Trinajstić information content (AvgIpc) is 3.00. The first-order valence-electron chi connectivity index (χ1n) is 6.88. The van der Waals surface area contributed by atoms with Gasteiger partial charge in [-0.1, -0.05) is 17.8 Å². The quantitative estimate of drug-likeness (QED) is 0.630. The highest BCUT2D eigenvalue weighted by Gasteiger charge is 2.17. The van der Waals surface area contributed by atoms with Crippen molar-refractivity contribution in [3.05, 3.63) is 49.3 Å². The number of aromatic nitrogens is 2. The van der Waals surface area contributed by atoms with E-state index in [9.17, 15) is 4.79 Å². The Morgan fingerprint density at radius 1 is 1.50 bits per heavy atom. The molecule has 22 heavy (non-hydrogen) atoms. The summed E-state index contributed by atoms with van der Waals surface area (Å²) in [6.45, 7) is 5.91. The molecule has 0 aliphatic heterocycles. The summed E-state index contributed by atoms with van der Waals surface area (Å²) in [7, 11) is 1.64. The second kappa shape index (κ2) is 7.70. The van der Waals surface area contributed by atoms with Crippen molar-refractivity contribution in [1.82, 2.24) is 14.9 Å². The van der Waals surface area contributed by atoms with E-state index in [4.69, 9.17) is 4.74 Å². The SMILES string of the molecule is C=CCNC(=O)[C@H](C)Sc1nccn1-c1ccc(OC)cc1. The Morgan fingerprint density at radius 2 is 2.23 bits per heavy atom. The number of thioether (sulfide) groups is 1. The highest BCUT2D eigenvalue weighted by Crippen LogP contribution is 2.25. The number of nitrogens with one attached hydrogen (secondary N) is 1. The van der Waals surface area contributed by atoms with Gasteiger partial charge in [0.25, 0.3) is 0 Å². The summed E-state index contributed by atoms with van der Waals surface area (Å²) in [5, 5.41) is 3.32. The molecule has 2 rings (SSSR count). The Bertz CT molecular complexity index is 637. The van der Waals surface area contributed by atoms with Crippen molar-refractivity contribution in [3.63, 3.8) is 0 Å². The lowest BCUT2D eigenvalue weighted by atomic mass is 10.3. The fourth-order valence-corrected chi connectivity index (χ4v) is 2.75. The minimum atomic E-state index is -0.237. The molecule has 0 saturated heterocycles. The van der Waals surface area contributed by atoms with Gasteiger partial charge in [-0.3, -0.25) is 9.36 Å². The van der Waals surface area contributed by atoms with Crippen molar-refractivity contribution in [2.75, 3.05) is 13.7 Å². The number of methoxy groups -OCH3 is 1. The van der Waals surface area contributed by atoms with E-state index < -0.39 is 0 Å². The van der Waals surface area contributed by atoms with Crippen molar-refractivity contribution in [1.29, 1.82) is 0 Å². The number of carbonyl (C=O) groups is 1. The van der Waals surface area contributed by atoms with Gasteiger partial charge in [-0.05, 0) is 31.2 Å². The molecular weight excluding hydrogens is 298 g/mol. The fraction of sp³-hybridized carbons (Fsp3) is 0.250. The van der Waals surface area contributed by atoms with E-state index in [1.54, 1.807) is 19.4 Å². The van der Waals surface area contributed by atoms with Gasteiger partial charge >= 0.3 is 0 Å². The first kappa shape index (κ1) is 16.2. The molecule has 1 N–H and O–H groups in total. The van der Waals surface area contributed by atoms with Gasteiger partial charge in [-0.15, -0.1) is 6.58 Å². The van der Waals surface area contributed by atoms with E-state index in [0.29, 0.717) is 6.54 Å². The smallest absolute Gasteiger partial charge is 0.233 e. The number of hydrogen-bond donors (Lipinski definition) is 1. The maximum atomic E-state index is 11.9. The molecule has 1 aromatic carbocycles. The molecule has 1 atom stereocenters. The highest BCUT2D eigenvalue weighted by atomic mass is 32.2. The largest absolute Gasteiger partial charge is 0.497 e. The van der Waals surface area contributed by atoms with Crippen LogP contribution in [0.15, 0.2) is 54.5 Å². The third-order valence-electron chi connectivity index (χ3n) is 3.03. The summed E-state index contributed by atoms with van der Waals surface area (Å²) in [5.74, 6) is 0.768. The number of carbonyl (C=O) groups excluding carboxylic acids is 1. The Kier molecular flexibility index (Phi) is 5.66. The standard InChI is InChI=1S/C16H19N3O2S/c1-4-9-17-15(20)12(2)22-16-18-10-11-19(16)13-5-7-14(21-3)8-6-13/h4-8,10-12H,1,9H2,2-3H3,(H,17,20)/t12-/m0/s1. The molecule has 0 radical (unpaired) electrons. The first-order valence-corrected chi connectivity index (χ1v) is 7.76. The van der Waals surface area contributed by atoms with Crippen LogP contribution < -0.4 is 10.1 Å². The molecule has 0 aliphatic rings. The van der Waals surface area contributed by atoms with Crippen molar-refractivity contribution in [2.24, 2.45) is 0 Å². The number of nitrogens with zero attached hydrogens (tertiary/aromatic N) is 2. The number of imidazole rings is 1. The second-order valence-electron chi connectivity index (χ2n) is 4.57. The summed E-state index contributed by atoms with van der Waals surface area (Å²) >= 11 is 1.41. The maximum Gasteiger partial charge on any atom is 0.233 e. The Balaban J connectivity index is 2.11. The minimum absolute atomic E-state index is 0.0332. The molecule has 0 aliphatic carbocycles. The fourth-order valence-electron chi connectivity index (χ4n) is 1.84. The van der Waals surface area contributed by atoms with Crippen LogP contribution >= 0.6 is 11.8 Å². The number of hydrogen-bond acceptors (Lipinski definition) is 4. The van der Waals surface area contributed by atoms with Gasteiger partial charge in [0.2, 0.25) is 5.91 Å². The number of rotatable bonds is 7. The summed E-state index contributed by atoms with van der Waals surface area (Å²) in [6.07, 6.45) is 5.26. The lowest BCUT2D eigenvalue weighted by molar-refractivity contribution is -0.120. The molecular formula is C16H19N3O2S. The van der Waals surface area contributed by atoms with Crippen LogP contribution in [0.3, 0.4) is 0 Å². The monoisotopic (exact) mass is 317 g/mol. The summed E-state index contributed by atoms with van der Waals surface area (Å²) in [5.41, 5.74) is 0.972. The Labute approximate surface area is 134 Å². The Morgan fingerprint density at radius 3 is 2.86 bits per heavy atom. The average molecular weight is 317 g/mol. The summed E-state index contributed by atoms with van der Waals surface area (Å²) in [4.78, 5) is 16.3. The molecule has 1 heterocycles. The van der Waals surface area contributed by atoms with Crippen LogP contribution in [-0.4, -0.2) is 34.4 Å². The van der Waals surface area contributed by atoms with Crippen LogP contribution in [0.25, 0.3) is 5.69 Å². The van der Waals surface area contributed by atoms with Crippen LogP contribution in [-0.2, 0) is 4.79 Å². The van der Waals surface area contributed by atoms with Crippen LogP contribution in [0.1, 0.15) is 6.92 Å². The molecule has 116 valence electrons. The van der Waals surface area contributed by atoms with Gasteiger partial charge in [-0.2, -0.15) is 0 Å². The lowest BCUT2D eigenvalue weighted by Gasteiger charge is -2.12. The van der Waals surface area contributed by atoms with Crippen molar-refractivity contribution in [2.45, 2.75) is 17.3 Å². The summed E-state index contributed by atoms with van der Waals surface area (Å²) in [6, 6.07) is 7.69. The zero-order valence-corrected chi connectivity index (χ0v) is 13.5. The van der Waals surface area contributed by atoms with Gasteiger partial charge in [0, 0.05) is 24.6 Å². The van der Waals surface area contributed by atoms with Gasteiger partial charge in [-0.25, -0.2) is 4.98 Å². The highest BCUT2D eigenvalue weighted by molar-refractivity contribution is 8.00. The van der Waals surface area contributed by atoms with E-state index in [-0.39, 0.29) is 11.2 Å². The normalized spacial score (nSPS) is 11.7. The third kappa shape index (κ3) is 3.92. The van der Waals surface area contributed by atoms with Crippen LogP contribution in [0.4, 0.5) is 0 Å². The third-order valence-corrected chi connectivity index (χ3v) is 4.11. The maximum absolute atomic E-state index is 11.9. The molecule has 6 heteroatoms. The topological polar surface area (TPSA) is 56.2 Å². The molecule has 0 bridgehead atoms. The van der Waals surface area contributed by atoms with E-state index in [1.165, 1.54) is 11.8 Å². The van der Waals surface area contributed by atoms with Crippen molar-refractivity contribution in [3.8, 4) is 11.4 Å². The van der Waals surface area contributed by atoms with Crippen LogP contribution in [0.5, 0.6) is 5.75 Å². The van der Waals surface area contributed by atoms with E-state index in [1.807, 2.05) is 42.0 Å². The Hall–Kier alpha value is -2.21. The van der Waals surface area contributed by atoms with Gasteiger partial charge < -0.3 is 10.1 Å². The number of benzene rings is 1. The second-order valence-corrected chi connectivity index (χ2v) is 5.88. The van der Waals surface area contributed by atoms with Crippen LogP contribution in [0.2, 0.25) is 0 Å². The molecule has 0 fully saturated rings. The van der Waals surface area contributed by atoms with E-state index >= 15 is 0 Å². The molecule has 0 spiro atoms. The van der Waals surface area contributed by atoms with Crippen molar-refractivity contribution >= 4 is 17.7 Å². The first-order chi connectivity index (χ1) is 10.7. The van der Waals surface area contributed by atoms with Gasteiger partial charge in [0.1, 0.15) is 5.75 Å².